The lowest BCUT2D eigenvalue weighted by molar-refractivity contribution is -0.142. The molecule has 1 saturated heterocycles. The number of hydrogen-bond donors (Lipinski definition) is 1. The number of aliphatic carboxylic acids is 1. The van der Waals surface area contributed by atoms with Gasteiger partial charge in [-0.1, -0.05) is 0 Å². The number of carboxylic acid groups (broad SMARTS) is 1. The van der Waals surface area contributed by atoms with Crippen LogP contribution in [0.2, 0.25) is 0 Å². The predicted molar refractivity (Wildman–Crippen MR) is 66.3 cm³/mol. The zero-order chi connectivity index (χ0) is 13.6. The molecule has 3 rings (SSSR count). The van der Waals surface area contributed by atoms with E-state index in [1.807, 2.05) is 13.0 Å². The second kappa shape index (κ2) is 4.36. The SMILES string of the molecule is CCn1nccc1C1C(C(=O)O)CC(=O)N1C1CC1. The monoisotopic (exact) mass is 263 g/mol. The van der Waals surface area contributed by atoms with Gasteiger partial charge in [0.05, 0.1) is 17.7 Å². The van der Waals surface area contributed by atoms with Gasteiger partial charge in [-0.3, -0.25) is 14.3 Å². The molecule has 0 spiro atoms. The maximum absolute atomic E-state index is 12.1. The van der Waals surface area contributed by atoms with Crippen molar-refractivity contribution >= 4 is 11.9 Å². The first-order valence-corrected chi connectivity index (χ1v) is 6.69. The first kappa shape index (κ1) is 12.2. The second-order valence-corrected chi connectivity index (χ2v) is 5.20. The Morgan fingerprint density at radius 3 is 2.84 bits per heavy atom. The van der Waals surface area contributed by atoms with Crippen molar-refractivity contribution in [1.29, 1.82) is 0 Å². The van der Waals surface area contributed by atoms with Crippen molar-refractivity contribution in [3.05, 3.63) is 18.0 Å². The first-order valence-electron chi connectivity index (χ1n) is 6.69. The van der Waals surface area contributed by atoms with Crippen molar-refractivity contribution in [1.82, 2.24) is 14.7 Å². The number of hydrogen-bond acceptors (Lipinski definition) is 3. The molecule has 102 valence electrons. The third-order valence-corrected chi connectivity index (χ3v) is 3.97. The van der Waals surface area contributed by atoms with E-state index in [0.717, 1.165) is 18.5 Å². The maximum atomic E-state index is 12.1. The van der Waals surface area contributed by atoms with Gasteiger partial charge in [0.15, 0.2) is 0 Å². The molecule has 19 heavy (non-hydrogen) atoms. The average molecular weight is 263 g/mol. The average Bonchev–Trinajstić information content (AvgIpc) is 2.99. The molecule has 1 saturated carbocycles. The summed E-state index contributed by atoms with van der Waals surface area (Å²) in [5.74, 6) is -1.59. The van der Waals surface area contributed by atoms with Gasteiger partial charge < -0.3 is 10.0 Å². The number of likely N-dealkylation sites (tertiary alicyclic amines) is 1. The fraction of sp³-hybridized carbons (Fsp3) is 0.615. The minimum Gasteiger partial charge on any atom is -0.481 e. The van der Waals surface area contributed by atoms with Gasteiger partial charge in [0.25, 0.3) is 0 Å². The fourth-order valence-corrected chi connectivity index (χ4v) is 2.97. The van der Waals surface area contributed by atoms with Crippen LogP contribution >= 0.6 is 0 Å². The molecule has 2 fully saturated rings. The van der Waals surface area contributed by atoms with Crippen molar-refractivity contribution < 1.29 is 14.7 Å². The maximum Gasteiger partial charge on any atom is 0.309 e. The van der Waals surface area contributed by atoms with Crippen LogP contribution in [-0.2, 0) is 16.1 Å². The minimum absolute atomic E-state index is 0.0382. The van der Waals surface area contributed by atoms with Crippen LogP contribution in [0.25, 0.3) is 0 Å². The van der Waals surface area contributed by atoms with E-state index >= 15 is 0 Å². The minimum atomic E-state index is -0.898. The van der Waals surface area contributed by atoms with E-state index in [9.17, 15) is 14.7 Å². The Morgan fingerprint density at radius 2 is 2.26 bits per heavy atom. The van der Waals surface area contributed by atoms with Crippen molar-refractivity contribution in [3.63, 3.8) is 0 Å². The third-order valence-electron chi connectivity index (χ3n) is 3.97. The molecular formula is C13H17N3O3. The Hall–Kier alpha value is -1.85. The van der Waals surface area contributed by atoms with Crippen LogP contribution in [0.4, 0.5) is 0 Å². The number of nitrogens with zero attached hydrogens (tertiary/aromatic N) is 3. The number of aryl methyl sites for hydroxylation is 1. The normalized spacial score (nSPS) is 27.0. The van der Waals surface area contributed by atoms with E-state index in [4.69, 9.17) is 0 Å². The Bertz CT molecular complexity index is 521. The lowest BCUT2D eigenvalue weighted by Crippen LogP contribution is -2.33. The Labute approximate surface area is 111 Å². The summed E-state index contributed by atoms with van der Waals surface area (Å²) in [6.45, 7) is 2.64. The van der Waals surface area contributed by atoms with Crippen LogP contribution in [-0.4, -0.2) is 37.7 Å². The molecule has 2 aliphatic rings. The van der Waals surface area contributed by atoms with E-state index in [1.54, 1.807) is 15.8 Å². The fourth-order valence-electron chi connectivity index (χ4n) is 2.97. The Kier molecular flexibility index (Phi) is 2.80. The highest BCUT2D eigenvalue weighted by Crippen LogP contribution is 2.44. The van der Waals surface area contributed by atoms with Crippen molar-refractivity contribution in [2.45, 2.75) is 44.8 Å². The molecule has 2 unspecified atom stereocenters. The van der Waals surface area contributed by atoms with Gasteiger partial charge in [-0.25, -0.2) is 0 Å². The molecular weight excluding hydrogens is 246 g/mol. The lowest BCUT2D eigenvalue weighted by Gasteiger charge is -2.27. The Morgan fingerprint density at radius 1 is 1.53 bits per heavy atom. The number of carbonyl (C=O) groups is 2. The Balaban J connectivity index is 2.01. The number of carboxylic acids is 1. The summed E-state index contributed by atoms with van der Waals surface area (Å²) >= 11 is 0. The molecule has 1 N–H and O–H groups in total. The molecule has 0 radical (unpaired) electrons. The van der Waals surface area contributed by atoms with Crippen LogP contribution in [0.1, 0.15) is 37.9 Å². The van der Waals surface area contributed by atoms with E-state index in [-0.39, 0.29) is 24.4 Å². The molecule has 1 aliphatic carbocycles. The van der Waals surface area contributed by atoms with Crippen LogP contribution in [0.5, 0.6) is 0 Å². The smallest absolute Gasteiger partial charge is 0.309 e. The molecule has 6 heteroatoms. The summed E-state index contributed by atoms with van der Waals surface area (Å²) in [4.78, 5) is 25.3. The van der Waals surface area contributed by atoms with Crippen LogP contribution in [0, 0.1) is 5.92 Å². The molecule has 1 aliphatic heterocycles. The number of aromatic nitrogens is 2. The first-order chi connectivity index (χ1) is 9.13. The van der Waals surface area contributed by atoms with Gasteiger partial charge in [-0.05, 0) is 25.8 Å². The summed E-state index contributed by atoms with van der Waals surface area (Å²) in [6.07, 6.45) is 3.74. The van der Waals surface area contributed by atoms with Crippen molar-refractivity contribution in [3.8, 4) is 0 Å². The number of rotatable bonds is 4. The van der Waals surface area contributed by atoms with Crippen LogP contribution < -0.4 is 0 Å². The quantitative estimate of drug-likeness (QED) is 0.880. The molecule has 6 nitrogen and oxygen atoms in total. The van der Waals surface area contributed by atoms with Crippen molar-refractivity contribution in [2.75, 3.05) is 0 Å². The summed E-state index contributed by atoms with van der Waals surface area (Å²) in [5, 5.41) is 13.6. The van der Waals surface area contributed by atoms with E-state index in [2.05, 4.69) is 5.10 Å². The van der Waals surface area contributed by atoms with E-state index in [1.165, 1.54) is 0 Å². The van der Waals surface area contributed by atoms with Gasteiger partial charge in [-0.2, -0.15) is 5.10 Å². The number of amides is 1. The van der Waals surface area contributed by atoms with Crippen LogP contribution in [0.3, 0.4) is 0 Å². The molecule has 1 aromatic heterocycles. The summed E-state index contributed by atoms with van der Waals surface area (Å²) in [5.41, 5.74) is 0.840. The molecule has 2 heterocycles. The summed E-state index contributed by atoms with van der Waals surface area (Å²) < 4.78 is 1.79. The lowest BCUT2D eigenvalue weighted by atomic mass is 9.97. The predicted octanol–water partition coefficient (Wildman–Crippen LogP) is 1.04. The highest BCUT2D eigenvalue weighted by Gasteiger charge is 2.50. The van der Waals surface area contributed by atoms with Gasteiger partial charge in [0.1, 0.15) is 0 Å². The highest BCUT2D eigenvalue weighted by atomic mass is 16.4. The summed E-state index contributed by atoms with van der Waals surface area (Å²) in [6, 6.07) is 1.69. The molecule has 1 aromatic rings. The van der Waals surface area contributed by atoms with E-state index in [0.29, 0.717) is 6.54 Å². The zero-order valence-corrected chi connectivity index (χ0v) is 10.8. The standard InChI is InChI=1S/C13H17N3O3/c1-2-15-10(5-6-14-15)12-9(13(18)19)7-11(17)16(12)8-3-4-8/h5-6,8-9,12H,2-4,7H2,1H3,(H,18,19). The number of carbonyl (C=O) groups excluding carboxylic acids is 1. The molecule has 2 atom stereocenters. The molecule has 0 bridgehead atoms. The molecule has 0 aromatic carbocycles. The van der Waals surface area contributed by atoms with Gasteiger partial charge in [-0.15, -0.1) is 0 Å². The van der Waals surface area contributed by atoms with Gasteiger partial charge in [0.2, 0.25) is 5.91 Å². The van der Waals surface area contributed by atoms with Gasteiger partial charge >= 0.3 is 5.97 Å². The summed E-state index contributed by atoms with van der Waals surface area (Å²) in [7, 11) is 0. The topological polar surface area (TPSA) is 75.4 Å². The largest absolute Gasteiger partial charge is 0.481 e. The van der Waals surface area contributed by atoms with Crippen LogP contribution in [0.15, 0.2) is 12.3 Å². The third kappa shape index (κ3) is 1.91. The van der Waals surface area contributed by atoms with Gasteiger partial charge in [0, 0.05) is 25.2 Å². The molecule has 1 amide bonds. The van der Waals surface area contributed by atoms with Crippen molar-refractivity contribution in [2.24, 2.45) is 5.92 Å². The highest BCUT2D eigenvalue weighted by molar-refractivity contribution is 5.87. The second-order valence-electron chi connectivity index (χ2n) is 5.20. The zero-order valence-electron chi connectivity index (χ0n) is 10.8. The van der Waals surface area contributed by atoms with E-state index < -0.39 is 11.9 Å².